The SMILES string of the molecule is C=CN(/C=C\C)c1cnc(-c2cc3s[c-]nc3[nH]2)c2[nH]ccc12.CCCCCNC(C)C.[CH3-].[Na+]. The Morgan fingerprint density at radius 2 is 2.12 bits per heavy atom. The van der Waals surface area contributed by atoms with Gasteiger partial charge in [0.15, 0.2) is 0 Å². The summed E-state index contributed by atoms with van der Waals surface area (Å²) in [6, 6.07) is 4.76. The van der Waals surface area contributed by atoms with Crippen LogP contribution >= 0.6 is 11.3 Å². The Bertz CT molecular complexity index is 1130. The van der Waals surface area contributed by atoms with E-state index in [0.717, 1.165) is 38.3 Å². The smallest absolute Gasteiger partial charge is 0.401 e. The summed E-state index contributed by atoms with van der Waals surface area (Å²) in [6.07, 6.45) is 13.5. The zero-order valence-corrected chi connectivity index (χ0v) is 24.2. The van der Waals surface area contributed by atoms with E-state index in [2.05, 4.69) is 64.2 Å². The second kappa shape index (κ2) is 15.2. The molecular weight excluding hydrogens is 451 g/mol. The van der Waals surface area contributed by atoms with E-state index in [1.54, 1.807) is 6.20 Å². The fraction of sp³-hybridized carbons (Fsp3) is 0.346. The molecule has 0 bridgehead atoms. The third kappa shape index (κ3) is 7.55. The van der Waals surface area contributed by atoms with Gasteiger partial charge in [0.25, 0.3) is 0 Å². The van der Waals surface area contributed by atoms with Crippen molar-refractivity contribution in [2.24, 2.45) is 0 Å². The van der Waals surface area contributed by atoms with Crippen molar-refractivity contribution in [3.63, 3.8) is 0 Å². The average molecular weight is 488 g/mol. The molecule has 0 saturated heterocycles. The zero-order valence-electron chi connectivity index (χ0n) is 21.4. The van der Waals surface area contributed by atoms with Gasteiger partial charge in [0.2, 0.25) is 0 Å². The molecule has 0 spiro atoms. The van der Waals surface area contributed by atoms with Crippen molar-refractivity contribution < 1.29 is 29.6 Å². The van der Waals surface area contributed by atoms with Gasteiger partial charge in [-0.2, -0.15) is 0 Å². The van der Waals surface area contributed by atoms with Crippen molar-refractivity contribution in [2.45, 2.75) is 53.0 Å². The monoisotopic (exact) mass is 487 g/mol. The topological polar surface area (TPSA) is 72.6 Å². The van der Waals surface area contributed by atoms with Crippen LogP contribution in [0.1, 0.15) is 47.0 Å². The third-order valence-corrected chi connectivity index (χ3v) is 5.74. The maximum Gasteiger partial charge on any atom is 1.00 e. The predicted octanol–water partition coefficient (Wildman–Crippen LogP) is 4.08. The van der Waals surface area contributed by atoms with Crippen LogP contribution in [0, 0.1) is 12.9 Å². The Hall–Kier alpha value is -1.90. The molecule has 0 atom stereocenters. The van der Waals surface area contributed by atoms with Crippen molar-refractivity contribution in [1.29, 1.82) is 0 Å². The third-order valence-electron chi connectivity index (χ3n) is 5.02. The second-order valence-corrected chi connectivity index (χ2v) is 8.67. The van der Waals surface area contributed by atoms with Crippen LogP contribution in [0.15, 0.2) is 49.6 Å². The first-order valence-electron chi connectivity index (χ1n) is 11.2. The van der Waals surface area contributed by atoms with Gasteiger partial charge >= 0.3 is 29.6 Å². The van der Waals surface area contributed by atoms with Crippen molar-refractivity contribution in [3.8, 4) is 11.4 Å². The molecule has 34 heavy (non-hydrogen) atoms. The molecule has 4 aromatic rings. The molecular formula is C26H36N6NaS-. The number of nitrogens with one attached hydrogen (secondary N) is 3. The largest absolute Gasteiger partial charge is 1.00 e. The van der Waals surface area contributed by atoms with Gasteiger partial charge in [-0.15, -0.1) is 0 Å². The summed E-state index contributed by atoms with van der Waals surface area (Å²) in [5, 5.41) is 4.47. The van der Waals surface area contributed by atoms with E-state index in [9.17, 15) is 0 Å². The predicted molar refractivity (Wildman–Crippen MR) is 144 cm³/mol. The van der Waals surface area contributed by atoms with Crippen molar-refractivity contribution >= 4 is 38.3 Å². The molecule has 178 valence electrons. The summed E-state index contributed by atoms with van der Waals surface area (Å²) in [5.74, 6) is 0. The van der Waals surface area contributed by atoms with Gasteiger partial charge in [-0.05, 0) is 37.1 Å². The molecule has 4 aromatic heterocycles. The van der Waals surface area contributed by atoms with Gasteiger partial charge in [-0.25, -0.2) is 0 Å². The van der Waals surface area contributed by atoms with E-state index in [4.69, 9.17) is 0 Å². The molecule has 4 rings (SSSR count). The molecule has 0 radical (unpaired) electrons. The number of aromatic nitrogens is 4. The molecule has 0 unspecified atom stereocenters. The number of aromatic amines is 2. The van der Waals surface area contributed by atoms with E-state index in [0.29, 0.717) is 6.04 Å². The minimum atomic E-state index is 0. The molecule has 3 N–H and O–H groups in total. The van der Waals surface area contributed by atoms with E-state index < -0.39 is 0 Å². The summed E-state index contributed by atoms with van der Waals surface area (Å²) >= 11 is 1.49. The van der Waals surface area contributed by atoms with Crippen LogP contribution < -0.4 is 39.8 Å². The fourth-order valence-electron chi connectivity index (χ4n) is 3.45. The molecule has 0 aliphatic heterocycles. The number of rotatable bonds is 9. The normalized spacial score (nSPS) is 10.7. The van der Waals surface area contributed by atoms with Crippen LogP contribution in [0.25, 0.3) is 32.6 Å². The number of allylic oxidation sites excluding steroid dienone is 1. The van der Waals surface area contributed by atoms with E-state index in [-0.39, 0.29) is 37.0 Å². The molecule has 0 aliphatic carbocycles. The number of anilines is 1. The molecule has 4 heterocycles. The van der Waals surface area contributed by atoms with E-state index >= 15 is 0 Å². The van der Waals surface area contributed by atoms with Gasteiger partial charge in [0.1, 0.15) is 5.69 Å². The van der Waals surface area contributed by atoms with Crippen LogP contribution in [0.4, 0.5) is 5.69 Å². The number of pyridine rings is 1. The van der Waals surface area contributed by atoms with Crippen LogP contribution in [-0.2, 0) is 0 Å². The Kier molecular flexibility index (Phi) is 13.4. The van der Waals surface area contributed by atoms with Crippen molar-refractivity contribution in [2.75, 3.05) is 11.4 Å². The minimum absolute atomic E-state index is 0. The van der Waals surface area contributed by atoms with Gasteiger partial charge in [-0.3, -0.25) is 16.3 Å². The Labute approximate surface area is 230 Å². The van der Waals surface area contributed by atoms with Crippen molar-refractivity contribution in [1.82, 2.24) is 25.3 Å². The number of thiazole rings is 1. The van der Waals surface area contributed by atoms with E-state index in [1.165, 1.54) is 37.1 Å². The number of hydrogen-bond donors (Lipinski definition) is 3. The van der Waals surface area contributed by atoms with Gasteiger partial charge in [-0.1, -0.05) is 57.0 Å². The number of hydrogen-bond acceptors (Lipinski definition) is 5. The first-order valence-corrected chi connectivity index (χ1v) is 12.0. The fourth-order valence-corrected chi connectivity index (χ4v) is 4.05. The molecule has 6 nitrogen and oxygen atoms in total. The molecule has 0 amide bonds. The van der Waals surface area contributed by atoms with Crippen LogP contribution in [-0.4, -0.2) is 32.5 Å². The zero-order chi connectivity index (χ0) is 22.9. The molecule has 0 aromatic carbocycles. The van der Waals surface area contributed by atoms with Gasteiger partial charge in [0.05, 0.1) is 17.4 Å². The molecule has 0 fully saturated rings. The summed E-state index contributed by atoms with van der Waals surface area (Å²) in [6.45, 7) is 13.6. The van der Waals surface area contributed by atoms with Gasteiger partial charge < -0.3 is 32.6 Å². The number of nitrogens with zero attached hydrogens (tertiary/aromatic N) is 3. The Morgan fingerprint density at radius 3 is 2.76 bits per heavy atom. The summed E-state index contributed by atoms with van der Waals surface area (Å²) in [4.78, 5) is 17.4. The second-order valence-electron chi connectivity index (χ2n) is 7.85. The summed E-state index contributed by atoms with van der Waals surface area (Å²) < 4.78 is 1.08. The van der Waals surface area contributed by atoms with E-state index in [1.807, 2.05) is 42.6 Å². The maximum atomic E-state index is 4.66. The average Bonchev–Trinajstić information content (AvgIpc) is 3.51. The number of H-pyrrole nitrogens is 2. The van der Waals surface area contributed by atoms with Crippen LogP contribution in [0.3, 0.4) is 0 Å². The number of fused-ring (bicyclic) bond motifs is 2. The molecule has 0 aliphatic rings. The standard InChI is InChI=1S/C17H14N5S.C8H19N.CH3.Na/c1-3-7-22(4-2)13-9-19-16(15-11(13)5-6-18-15)12-8-14-17(21-12)20-10-23-14;1-4-5-6-7-9-8(2)3;;/h3-9,18,21H,2H2,1H3;8-9H,4-7H2,1-3H3;1H3;/q-1;;-1;+1/b7-3-;;;. The Morgan fingerprint density at radius 1 is 1.32 bits per heavy atom. The first-order chi connectivity index (χ1) is 15.6. The maximum absolute atomic E-state index is 4.66. The van der Waals surface area contributed by atoms with Crippen LogP contribution in [0.5, 0.6) is 0 Å². The van der Waals surface area contributed by atoms with Crippen molar-refractivity contribution in [3.05, 3.63) is 62.5 Å². The Balaban J connectivity index is 0.000000456. The number of unbranched alkanes of at least 4 members (excludes halogenated alkanes) is 2. The molecule has 0 saturated carbocycles. The first kappa shape index (κ1) is 30.1. The molecule has 8 heteroatoms. The van der Waals surface area contributed by atoms with Gasteiger partial charge in [0, 0.05) is 35.7 Å². The van der Waals surface area contributed by atoms with Crippen LogP contribution in [0.2, 0.25) is 0 Å². The minimum Gasteiger partial charge on any atom is -0.401 e. The summed E-state index contributed by atoms with van der Waals surface area (Å²) in [7, 11) is 0. The summed E-state index contributed by atoms with van der Waals surface area (Å²) in [5.41, 5.74) is 7.52. The quantitative estimate of drug-likeness (QED) is 0.189.